The average molecular weight is 482 g/mol. The third-order valence-electron chi connectivity index (χ3n) is 4.43. The number of carbonyl (C=O) groups is 4. The van der Waals surface area contributed by atoms with E-state index in [2.05, 4.69) is 0 Å². The van der Waals surface area contributed by atoms with Gasteiger partial charge in [0.2, 0.25) is 0 Å². The molecule has 0 radical (unpaired) electrons. The highest BCUT2D eigenvalue weighted by Crippen LogP contribution is 2.30. The van der Waals surface area contributed by atoms with Gasteiger partial charge in [-0.05, 0) is 58.7 Å². The summed E-state index contributed by atoms with van der Waals surface area (Å²) in [4.78, 5) is 47.7. The highest BCUT2D eigenvalue weighted by molar-refractivity contribution is 5.77. The van der Waals surface area contributed by atoms with Gasteiger partial charge < -0.3 is 29.4 Å². The van der Waals surface area contributed by atoms with Crippen molar-refractivity contribution in [2.24, 2.45) is 5.73 Å². The largest absolute Gasteiger partial charge is 0.509 e. The third-order valence-corrected chi connectivity index (χ3v) is 4.43. The van der Waals surface area contributed by atoms with Crippen LogP contribution in [0.4, 0.5) is 4.79 Å². The third kappa shape index (κ3) is 10.2. The van der Waals surface area contributed by atoms with Crippen LogP contribution in [0.15, 0.2) is 18.2 Å². The molecule has 0 amide bonds. The van der Waals surface area contributed by atoms with Crippen LogP contribution in [0.2, 0.25) is 0 Å². The first-order valence-corrected chi connectivity index (χ1v) is 11.2. The zero-order chi connectivity index (χ0) is 26.1. The summed E-state index contributed by atoms with van der Waals surface area (Å²) in [5, 5.41) is 0. The summed E-state index contributed by atoms with van der Waals surface area (Å²) < 4.78 is 26.0. The van der Waals surface area contributed by atoms with Gasteiger partial charge in [-0.3, -0.25) is 14.4 Å². The number of ether oxygens (including phenoxy) is 5. The van der Waals surface area contributed by atoms with E-state index in [9.17, 15) is 19.2 Å². The minimum absolute atomic E-state index is 0.0551. The molecule has 1 unspecified atom stereocenters. The van der Waals surface area contributed by atoms with Crippen molar-refractivity contribution in [3.8, 4) is 11.5 Å². The molecule has 0 heterocycles. The van der Waals surface area contributed by atoms with Gasteiger partial charge in [-0.2, -0.15) is 0 Å². The topological polar surface area (TPSA) is 140 Å². The molecule has 1 aromatic rings. The van der Waals surface area contributed by atoms with E-state index in [1.54, 1.807) is 54.5 Å². The maximum Gasteiger partial charge on any atom is 0.509 e. The quantitative estimate of drug-likeness (QED) is 0.390. The molecular formula is C24H35NO9. The lowest BCUT2D eigenvalue weighted by molar-refractivity contribution is -0.156. The molecule has 0 saturated heterocycles. The Hall–Kier alpha value is -3.14. The van der Waals surface area contributed by atoms with Gasteiger partial charge in [0.05, 0.1) is 0 Å². The van der Waals surface area contributed by atoms with Crippen LogP contribution in [0, 0.1) is 0 Å². The maximum absolute atomic E-state index is 12.5. The minimum atomic E-state index is -1.05. The Kier molecular flexibility index (Phi) is 11.0. The number of esters is 3. The Morgan fingerprint density at radius 2 is 1.41 bits per heavy atom. The Morgan fingerprint density at radius 1 is 0.882 bits per heavy atom. The monoisotopic (exact) mass is 481 g/mol. The minimum Gasteiger partial charge on any atom is -0.458 e. The van der Waals surface area contributed by atoms with E-state index in [4.69, 9.17) is 29.4 Å². The molecular weight excluding hydrogens is 446 g/mol. The van der Waals surface area contributed by atoms with Gasteiger partial charge in [0.1, 0.15) is 23.9 Å². The van der Waals surface area contributed by atoms with E-state index in [1.165, 1.54) is 12.1 Å². The summed E-state index contributed by atoms with van der Waals surface area (Å²) in [5.74, 6) is -1.56. The normalized spacial score (nSPS) is 13.8. The van der Waals surface area contributed by atoms with Crippen LogP contribution in [-0.2, 0) is 35.0 Å². The lowest BCUT2D eigenvalue weighted by Crippen LogP contribution is -2.40. The molecule has 10 heteroatoms. The molecule has 0 saturated carbocycles. The van der Waals surface area contributed by atoms with Gasteiger partial charge in [-0.25, -0.2) is 4.79 Å². The number of nitrogens with two attached hydrogens (primary N) is 1. The second kappa shape index (κ2) is 12.9. The molecule has 190 valence electrons. The predicted molar refractivity (Wildman–Crippen MR) is 122 cm³/mol. The number of hydrogen-bond donors (Lipinski definition) is 1. The number of hydrogen-bond acceptors (Lipinski definition) is 10. The van der Waals surface area contributed by atoms with Crippen LogP contribution >= 0.6 is 0 Å². The molecule has 0 bridgehead atoms. The van der Waals surface area contributed by atoms with E-state index < -0.39 is 47.9 Å². The number of benzene rings is 1. The van der Waals surface area contributed by atoms with Crippen LogP contribution in [-0.4, -0.2) is 47.9 Å². The Morgan fingerprint density at radius 3 is 1.94 bits per heavy atom. The fourth-order valence-electron chi connectivity index (χ4n) is 2.46. The highest BCUT2D eigenvalue weighted by Gasteiger charge is 2.27. The second-order valence-corrected chi connectivity index (χ2v) is 8.68. The van der Waals surface area contributed by atoms with Crippen LogP contribution in [0.1, 0.15) is 66.9 Å². The highest BCUT2D eigenvalue weighted by atomic mass is 16.7. The van der Waals surface area contributed by atoms with E-state index in [0.29, 0.717) is 5.56 Å². The maximum atomic E-state index is 12.5. The first-order valence-electron chi connectivity index (χ1n) is 11.2. The van der Waals surface area contributed by atoms with Crippen LogP contribution in [0.25, 0.3) is 0 Å². The Labute approximate surface area is 200 Å². The van der Waals surface area contributed by atoms with Gasteiger partial charge in [0, 0.05) is 12.8 Å². The zero-order valence-electron chi connectivity index (χ0n) is 20.8. The molecule has 0 spiro atoms. The molecule has 0 aliphatic heterocycles. The van der Waals surface area contributed by atoms with E-state index in [0.717, 1.165) is 0 Å². The summed E-state index contributed by atoms with van der Waals surface area (Å²) in [6.45, 7) is 11.5. The predicted octanol–water partition coefficient (Wildman–Crippen LogP) is 3.46. The van der Waals surface area contributed by atoms with Gasteiger partial charge in [0.15, 0.2) is 11.5 Å². The average Bonchev–Trinajstić information content (AvgIpc) is 2.73. The first-order chi connectivity index (χ1) is 15.7. The van der Waals surface area contributed by atoms with Crippen molar-refractivity contribution in [2.75, 3.05) is 0 Å². The van der Waals surface area contributed by atoms with Crippen molar-refractivity contribution < 1.29 is 42.9 Å². The Balaban J connectivity index is 2.81. The summed E-state index contributed by atoms with van der Waals surface area (Å²) in [6, 6.07) is 3.51. The summed E-state index contributed by atoms with van der Waals surface area (Å²) >= 11 is 0. The standard InChI is InChI=1S/C24H35NO9/c1-8-20(26)32-18-11-10-16(13-19(18)33-21(27)9-2)12-17(25)22(28)30-14(3)15(4)31-23(29)34-24(5,6)7/h10-11,13-15,17H,8-9,12,25H2,1-7H3/t14-,15?,17-/m0/s1. The molecule has 0 aliphatic carbocycles. The second-order valence-electron chi connectivity index (χ2n) is 8.68. The lowest BCUT2D eigenvalue weighted by atomic mass is 10.1. The SMILES string of the molecule is CCC(=O)Oc1ccc(C[C@H](N)C(=O)O[C@@H](C)C(C)OC(=O)OC(C)(C)C)cc1OC(=O)CC. The van der Waals surface area contributed by atoms with Crippen molar-refractivity contribution in [1.29, 1.82) is 0 Å². The summed E-state index contributed by atoms with van der Waals surface area (Å²) in [5.41, 5.74) is 5.85. The molecule has 34 heavy (non-hydrogen) atoms. The fraction of sp³-hybridized carbons (Fsp3) is 0.583. The van der Waals surface area contributed by atoms with Gasteiger partial charge in [-0.15, -0.1) is 0 Å². The van der Waals surface area contributed by atoms with E-state index in [-0.39, 0.29) is 30.8 Å². The van der Waals surface area contributed by atoms with E-state index >= 15 is 0 Å². The molecule has 10 nitrogen and oxygen atoms in total. The van der Waals surface area contributed by atoms with Gasteiger partial charge >= 0.3 is 24.1 Å². The molecule has 1 rings (SSSR count). The van der Waals surface area contributed by atoms with Crippen molar-refractivity contribution in [3.63, 3.8) is 0 Å². The fourth-order valence-corrected chi connectivity index (χ4v) is 2.46. The van der Waals surface area contributed by atoms with Crippen molar-refractivity contribution in [3.05, 3.63) is 23.8 Å². The van der Waals surface area contributed by atoms with Gasteiger partial charge in [-0.1, -0.05) is 19.9 Å². The number of carbonyl (C=O) groups excluding carboxylic acids is 4. The lowest BCUT2D eigenvalue weighted by Gasteiger charge is -2.24. The Bertz CT molecular complexity index is 876. The van der Waals surface area contributed by atoms with Crippen LogP contribution in [0.5, 0.6) is 11.5 Å². The molecule has 2 N–H and O–H groups in total. The molecule has 0 fully saturated rings. The van der Waals surface area contributed by atoms with Gasteiger partial charge in [0.25, 0.3) is 0 Å². The summed E-state index contributed by atoms with van der Waals surface area (Å²) in [7, 11) is 0. The van der Waals surface area contributed by atoms with Crippen molar-refractivity contribution in [1.82, 2.24) is 0 Å². The smallest absolute Gasteiger partial charge is 0.458 e. The molecule has 0 aromatic heterocycles. The van der Waals surface area contributed by atoms with Crippen molar-refractivity contribution >= 4 is 24.1 Å². The van der Waals surface area contributed by atoms with E-state index in [1.807, 2.05) is 0 Å². The number of rotatable bonds is 10. The van der Waals surface area contributed by atoms with Crippen LogP contribution in [0.3, 0.4) is 0 Å². The van der Waals surface area contributed by atoms with Crippen LogP contribution < -0.4 is 15.2 Å². The first kappa shape index (κ1) is 28.9. The van der Waals surface area contributed by atoms with Crippen molar-refractivity contribution in [2.45, 2.75) is 91.6 Å². The molecule has 1 aromatic carbocycles. The summed E-state index contributed by atoms with van der Waals surface area (Å²) in [6.07, 6.45) is -2.08. The molecule has 3 atom stereocenters. The molecule has 0 aliphatic rings. The zero-order valence-corrected chi connectivity index (χ0v) is 20.8.